The van der Waals surface area contributed by atoms with Crippen LogP contribution in [0.15, 0.2) is 41.3 Å². The number of carbonyl (C=O) groups is 1. The molecule has 8 heteroatoms. The number of nitrogens with one attached hydrogen (secondary N) is 1. The third-order valence-electron chi connectivity index (χ3n) is 7.16. The number of anilines is 2. The van der Waals surface area contributed by atoms with E-state index in [1.54, 1.807) is 12.1 Å². The van der Waals surface area contributed by atoms with Crippen molar-refractivity contribution in [2.75, 3.05) is 23.3 Å². The predicted octanol–water partition coefficient (Wildman–Crippen LogP) is 4.91. The van der Waals surface area contributed by atoms with Gasteiger partial charge in [0.15, 0.2) is 0 Å². The molecule has 2 atom stereocenters. The Labute approximate surface area is 193 Å². The number of pyridine rings is 1. The van der Waals surface area contributed by atoms with Gasteiger partial charge in [0, 0.05) is 41.7 Å². The number of carbonyl (C=O) groups excluding carboxylic acids is 1. The molecule has 0 bridgehead atoms. The van der Waals surface area contributed by atoms with Crippen molar-refractivity contribution in [1.82, 2.24) is 4.57 Å². The molecular weight excluding hydrogens is 515 g/mol. The zero-order chi connectivity index (χ0) is 22.0. The molecule has 2 unspecified atom stereocenters. The van der Waals surface area contributed by atoms with Gasteiger partial charge in [0.25, 0.3) is 17.4 Å². The Hall–Kier alpha value is -1.97. The second kappa shape index (κ2) is 7.28. The summed E-state index contributed by atoms with van der Waals surface area (Å²) in [6.07, 6.45) is 3.16. The van der Waals surface area contributed by atoms with Gasteiger partial charge in [-0.25, -0.2) is 8.78 Å². The van der Waals surface area contributed by atoms with Crippen LogP contribution in [0.2, 0.25) is 0 Å². The summed E-state index contributed by atoms with van der Waals surface area (Å²) >= 11 is 2.24. The lowest BCUT2D eigenvalue weighted by atomic mass is 9.88. The molecule has 3 fully saturated rings. The van der Waals surface area contributed by atoms with E-state index in [-0.39, 0.29) is 24.4 Å². The van der Waals surface area contributed by atoms with Crippen LogP contribution in [-0.2, 0) is 0 Å². The molecule has 2 aliphatic carbocycles. The molecule has 0 spiro atoms. The minimum absolute atomic E-state index is 0.112. The maximum Gasteiger partial charge on any atom is 0.274 e. The minimum atomic E-state index is -2.72. The van der Waals surface area contributed by atoms with E-state index in [1.165, 1.54) is 23.3 Å². The average molecular weight is 539 g/mol. The van der Waals surface area contributed by atoms with Crippen LogP contribution in [0, 0.1) is 14.9 Å². The Morgan fingerprint density at radius 1 is 1.23 bits per heavy atom. The van der Waals surface area contributed by atoms with Crippen LogP contribution >= 0.6 is 22.6 Å². The van der Waals surface area contributed by atoms with Gasteiger partial charge >= 0.3 is 0 Å². The first-order chi connectivity index (χ1) is 14.7. The van der Waals surface area contributed by atoms with Crippen LogP contribution in [0.4, 0.5) is 20.2 Å². The number of rotatable bonds is 4. The molecule has 164 valence electrons. The molecule has 2 saturated carbocycles. The Morgan fingerprint density at radius 2 is 2.00 bits per heavy atom. The summed E-state index contributed by atoms with van der Waals surface area (Å²) in [7, 11) is 0. The Morgan fingerprint density at radius 3 is 2.71 bits per heavy atom. The molecule has 1 amide bonds. The SMILES string of the molecule is CC12CCN(c3cc(I)ccc3C(=O)Nc3cccn(C4CC(F)(F)C4)c3=O)CC1C2. The van der Waals surface area contributed by atoms with Crippen LogP contribution in [0.5, 0.6) is 0 Å². The van der Waals surface area contributed by atoms with Gasteiger partial charge in [0.05, 0.1) is 11.3 Å². The summed E-state index contributed by atoms with van der Waals surface area (Å²) in [6.45, 7) is 4.17. The van der Waals surface area contributed by atoms with Gasteiger partial charge in [0.1, 0.15) is 5.69 Å². The summed E-state index contributed by atoms with van der Waals surface area (Å²) < 4.78 is 28.9. The van der Waals surface area contributed by atoms with Crippen molar-refractivity contribution in [3.05, 3.63) is 56.0 Å². The molecule has 1 aromatic heterocycles. The first-order valence-corrected chi connectivity index (χ1v) is 11.7. The van der Waals surface area contributed by atoms with Crippen molar-refractivity contribution in [3.63, 3.8) is 0 Å². The average Bonchev–Trinajstić information content (AvgIpc) is 3.38. The minimum Gasteiger partial charge on any atom is -0.371 e. The highest BCUT2D eigenvalue weighted by molar-refractivity contribution is 14.1. The molecule has 1 saturated heterocycles. The highest BCUT2D eigenvalue weighted by atomic mass is 127. The van der Waals surface area contributed by atoms with Crippen molar-refractivity contribution in [2.24, 2.45) is 11.3 Å². The van der Waals surface area contributed by atoms with Crippen molar-refractivity contribution in [2.45, 2.75) is 44.6 Å². The number of halogens is 3. The van der Waals surface area contributed by atoms with E-state index >= 15 is 0 Å². The van der Waals surface area contributed by atoms with E-state index < -0.39 is 17.5 Å². The van der Waals surface area contributed by atoms with E-state index in [2.05, 4.69) is 39.7 Å². The van der Waals surface area contributed by atoms with E-state index in [0.29, 0.717) is 16.9 Å². The van der Waals surface area contributed by atoms with Crippen LogP contribution in [0.1, 0.15) is 49.0 Å². The molecular formula is C23H24F2IN3O2. The summed E-state index contributed by atoms with van der Waals surface area (Å²) in [4.78, 5) is 28.2. The van der Waals surface area contributed by atoms with Gasteiger partial charge in [-0.1, -0.05) is 6.92 Å². The highest BCUT2D eigenvalue weighted by Crippen LogP contribution is 2.57. The maximum atomic E-state index is 13.3. The number of hydrogen-bond acceptors (Lipinski definition) is 3. The van der Waals surface area contributed by atoms with E-state index in [4.69, 9.17) is 0 Å². The summed E-state index contributed by atoms with van der Waals surface area (Å²) in [5.74, 6) is -2.41. The summed E-state index contributed by atoms with van der Waals surface area (Å²) in [6, 6.07) is 8.29. The van der Waals surface area contributed by atoms with Gasteiger partial charge < -0.3 is 14.8 Å². The standard InChI is InChI=1S/C23H24F2IN3O2/c1-22-6-8-28(13-14(22)10-22)19-9-15(26)4-5-17(19)20(30)27-18-3-2-7-29(21(18)31)16-11-23(24,25)12-16/h2-5,7,9,14,16H,6,8,10-13H2,1H3,(H,27,30). The number of alkyl halides is 2. The monoisotopic (exact) mass is 539 g/mol. The number of amides is 1. The molecule has 0 radical (unpaired) electrons. The first kappa shape index (κ1) is 20.9. The smallest absolute Gasteiger partial charge is 0.274 e. The molecule has 5 rings (SSSR count). The number of nitrogens with zero attached hydrogens (tertiary/aromatic N) is 2. The van der Waals surface area contributed by atoms with Crippen molar-refractivity contribution >= 4 is 39.9 Å². The second-order valence-corrected chi connectivity index (χ2v) is 10.7. The van der Waals surface area contributed by atoms with Crippen molar-refractivity contribution in [1.29, 1.82) is 0 Å². The number of hydrogen-bond donors (Lipinski definition) is 1. The third kappa shape index (κ3) is 3.87. The summed E-state index contributed by atoms with van der Waals surface area (Å²) in [5.41, 5.74) is 1.52. The second-order valence-electron chi connectivity index (χ2n) is 9.42. The fraction of sp³-hybridized carbons (Fsp3) is 0.478. The topological polar surface area (TPSA) is 54.3 Å². The Bertz CT molecular complexity index is 1110. The van der Waals surface area contributed by atoms with E-state index in [0.717, 1.165) is 28.8 Å². The van der Waals surface area contributed by atoms with E-state index in [1.807, 2.05) is 12.1 Å². The van der Waals surface area contributed by atoms with E-state index in [9.17, 15) is 18.4 Å². The lowest BCUT2D eigenvalue weighted by Crippen LogP contribution is -2.41. The lowest BCUT2D eigenvalue weighted by Gasteiger charge is -2.36. The number of aromatic nitrogens is 1. The maximum absolute atomic E-state index is 13.3. The third-order valence-corrected chi connectivity index (χ3v) is 7.83. The predicted molar refractivity (Wildman–Crippen MR) is 124 cm³/mol. The van der Waals surface area contributed by atoms with Gasteiger partial charge in [-0.3, -0.25) is 9.59 Å². The summed E-state index contributed by atoms with van der Waals surface area (Å²) in [5, 5.41) is 2.73. The number of fused-ring (bicyclic) bond motifs is 1. The Kier molecular flexibility index (Phi) is 4.91. The van der Waals surface area contributed by atoms with Crippen molar-refractivity contribution in [3.8, 4) is 0 Å². The van der Waals surface area contributed by atoms with Gasteiger partial charge in [0.2, 0.25) is 0 Å². The van der Waals surface area contributed by atoms with Crippen LogP contribution in [0.25, 0.3) is 0 Å². The zero-order valence-electron chi connectivity index (χ0n) is 17.2. The van der Waals surface area contributed by atoms with Crippen LogP contribution < -0.4 is 15.8 Å². The van der Waals surface area contributed by atoms with Gasteiger partial charge in [-0.15, -0.1) is 0 Å². The molecule has 1 aromatic carbocycles. The number of benzene rings is 1. The van der Waals surface area contributed by atoms with Gasteiger partial charge in [-0.05, 0) is 77.1 Å². The van der Waals surface area contributed by atoms with Crippen molar-refractivity contribution < 1.29 is 13.6 Å². The fourth-order valence-electron chi connectivity index (χ4n) is 4.93. The molecule has 31 heavy (non-hydrogen) atoms. The largest absolute Gasteiger partial charge is 0.371 e. The molecule has 5 nitrogen and oxygen atoms in total. The normalized spacial score (nSPS) is 26.7. The lowest BCUT2D eigenvalue weighted by molar-refractivity contribution is -0.104. The molecule has 2 heterocycles. The zero-order valence-corrected chi connectivity index (χ0v) is 19.4. The first-order valence-electron chi connectivity index (χ1n) is 10.6. The molecule has 3 aliphatic rings. The molecule has 1 N–H and O–H groups in total. The Balaban J connectivity index is 1.39. The number of piperidine rings is 1. The van der Waals surface area contributed by atoms with Crippen LogP contribution in [0.3, 0.4) is 0 Å². The fourth-order valence-corrected chi connectivity index (χ4v) is 5.40. The quantitative estimate of drug-likeness (QED) is 0.562. The molecule has 1 aliphatic heterocycles. The highest BCUT2D eigenvalue weighted by Gasteiger charge is 2.52. The van der Waals surface area contributed by atoms with Gasteiger partial charge in [-0.2, -0.15) is 0 Å². The molecule has 2 aromatic rings. The van der Waals surface area contributed by atoms with Crippen LogP contribution in [-0.4, -0.2) is 29.5 Å².